The maximum absolute atomic E-state index is 9.01. The van der Waals surface area contributed by atoms with Crippen molar-refractivity contribution in [2.24, 2.45) is 0 Å². The summed E-state index contributed by atoms with van der Waals surface area (Å²) in [6.45, 7) is 4.48. The van der Waals surface area contributed by atoms with E-state index in [2.05, 4.69) is 5.32 Å². The van der Waals surface area contributed by atoms with Gasteiger partial charge >= 0.3 is 0 Å². The molecule has 12 heavy (non-hydrogen) atoms. The Morgan fingerprint density at radius 1 is 1.58 bits per heavy atom. The topological polar surface area (TPSA) is 65.3 Å². The molecule has 0 unspecified atom stereocenters. The molecule has 0 radical (unpaired) electrons. The van der Waals surface area contributed by atoms with Crippen molar-refractivity contribution in [1.29, 1.82) is 5.26 Å². The lowest BCUT2D eigenvalue weighted by molar-refractivity contribution is -0.0286. The van der Waals surface area contributed by atoms with Crippen LogP contribution in [0.3, 0.4) is 0 Å². The number of ether oxygens (including phenoxy) is 1. The van der Waals surface area contributed by atoms with Crippen LogP contribution in [0.2, 0.25) is 0 Å². The molecule has 0 aromatic carbocycles. The van der Waals surface area contributed by atoms with Crippen LogP contribution in [0.25, 0.3) is 0 Å². The molecule has 1 aliphatic heterocycles. The number of hydrogen-bond donors (Lipinski definition) is 2. The molecule has 1 fully saturated rings. The molecule has 2 N–H and O–H groups in total. The molecular weight excluding hydrogens is 156 g/mol. The molecule has 0 amide bonds. The fraction of sp³-hybridized carbons (Fsp3) is 0.875. The highest BCUT2D eigenvalue weighted by Crippen LogP contribution is 2.17. The summed E-state index contributed by atoms with van der Waals surface area (Å²) < 4.78 is 5.24. The number of nitrogens with one attached hydrogen (secondary N) is 1. The van der Waals surface area contributed by atoms with Gasteiger partial charge in [0.2, 0.25) is 0 Å². The standard InChI is InChI=1S/C8H14N2O2/c1-7(2)5-12-6-8(3-9,4-11)10-7/h10-11H,4-6H2,1-2H3/t8-/m1/s1. The molecule has 0 aliphatic carbocycles. The number of aliphatic hydroxyl groups is 1. The van der Waals surface area contributed by atoms with Crippen LogP contribution in [0.15, 0.2) is 0 Å². The van der Waals surface area contributed by atoms with Gasteiger partial charge in [-0.25, -0.2) is 0 Å². The van der Waals surface area contributed by atoms with E-state index in [-0.39, 0.29) is 18.8 Å². The Balaban J connectivity index is 2.74. The van der Waals surface area contributed by atoms with Crippen molar-refractivity contribution in [3.8, 4) is 6.07 Å². The lowest BCUT2D eigenvalue weighted by Gasteiger charge is -2.40. The highest BCUT2D eigenvalue weighted by molar-refractivity contribution is 5.12. The molecule has 4 heteroatoms. The first-order chi connectivity index (χ1) is 5.54. The van der Waals surface area contributed by atoms with Gasteiger partial charge in [-0.3, -0.25) is 5.32 Å². The van der Waals surface area contributed by atoms with Gasteiger partial charge in [0, 0.05) is 5.54 Å². The van der Waals surface area contributed by atoms with E-state index in [9.17, 15) is 0 Å². The maximum Gasteiger partial charge on any atom is 0.153 e. The number of nitrogens with zero attached hydrogens (tertiary/aromatic N) is 1. The van der Waals surface area contributed by atoms with Gasteiger partial charge in [0.15, 0.2) is 5.54 Å². The van der Waals surface area contributed by atoms with Crippen LogP contribution in [0.5, 0.6) is 0 Å². The number of rotatable bonds is 1. The predicted octanol–water partition coefficient (Wildman–Crippen LogP) is -0.361. The lowest BCUT2D eigenvalue weighted by atomic mass is 9.95. The highest BCUT2D eigenvalue weighted by Gasteiger charge is 2.39. The molecular formula is C8H14N2O2. The fourth-order valence-corrected chi connectivity index (χ4v) is 1.38. The Bertz CT molecular complexity index is 210. The minimum absolute atomic E-state index is 0.215. The predicted molar refractivity (Wildman–Crippen MR) is 43.5 cm³/mol. The second-order valence-electron chi connectivity index (χ2n) is 3.85. The molecule has 0 spiro atoms. The van der Waals surface area contributed by atoms with Crippen molar-refractivity contribution in [3.63, 3.8) is 0 Å². The quantitative estimate of drug-likeness (QED) is 0.564. The van der Waals surface area contributed by atoms with E-state index in [0.717, 1.165) is 0 Å². The first-order valence-corrected chi connectivity index (χ1v) is 3.93. The summed E-state index contributed by atoms with van der Waals surface area (Å²) in [4.78, 5) is 0. The number of morpholine rings is 1. The third-order valence-electron chi connectivity index (χ3n) is 1.87. The van der Waals surface area contributed by atoms with Crippen molar-refractivity contribution >= 4 is 0 Å². The van der Waals surface area contributed by atoms with Crippen molar-refractivity contribution in [2.45, 2.75) is 24.9 Å². The normalized spacial score (nSPS) is 34.2. The van der Waals surface area contributed by atoms with Crippen LogP contribution in [-0.2, 0) is 4.74 Å². The molecule has 0 aromatic rings. The Morgan fingerprint density at radius 3 is 2.58 bits per heavy atom. The van der Waals surface area contributed by atoms with Crippen LogP contribution in [-0.4, -0.2) is 36.0 Å². The third-order valence-corrected chi connectivity index (χ3v) is 1.87. The molecule has 1 heterocycles. The largest absolute Gasteiger partial charge is 0.393 e. The summed E-state index contributed by atoms with van der Waals surface area (Å²) in [5.41, 5.74) is -1.15. The number of nitriles is 1. The summed E-state index contributed by atoms with van der Waals surface area (Å²) in [5, 5.41) is 20.9. The molecule has 1 saturated heterocycles. The van der Waals surface area contributed by atoms with Gasteiger partial charge in [0.05, 0.1) is 25.9 Å². The van der Waals surface area contributed by atoms with Crippen molar-refractivity contribution in [1.82, 2.24) is 5.32 Å². The Labute approximate surface area is 72.1 Å². The minimum Gasteiger partial charge on any atom is -0.393 e. The van der Waals surface area contributed by atoms with E-state index >= 15 is 0 Å². The van der Waals surface area contributed by atoms with Gasteiger partial charge in [-0.05, 0) is 13.8 Å². The van der Waals surface area contributed by atoms with Crippen molar-refractivity contribution < 1.29 is 9.84 Å². The van der Waals surface area contributed by atoms with Gasteiger partial charge in [-0.15, -0.1) is 0 Å². The van der Waals surface area contributed by atoms with Crippen molar-refractivity contribution in [2.75, 3.05) is 19.8 Å². The molecule has 0 saturated carbocycles. The zero-order chi connectivity index (χ0) is 9.24. The van der Waals surface area contributed by atoms with E-state index in [1.165, 1.54) is 0 Å². The van der Waals surface area contributed by atoms with Gasteiger partial charge in [0.25, 0.3) is 0 Å². The van der Waals surface area contributed by atoms with Crippen LogP contribution >= 0.6 is 0 Å². The van der Waals surface area contributed by atoms with E-state index in [0.29, 0.717) is 6.61 Å². The average Bonchev–Trinajstić information content (AvgIpc) is 2.02. The van der Waals surface area contributed by atoms with Gasteiger partial charge < -0.3 is 9.84 Å². The third kappa shape index (κ3) is 1.75. The highest BCUT2D eigenvalue weighted by atomic mass is 16.5. The molecule has 0 bridgehead atoms. The first kappa shape index (κ1) is 9.46. The number of hydrogen-bond acceptors (Lipinski definition) is 4. The Morgan fingerprint density at radius 2 is 2.25 bits per heavy atom. The number of aliphatic hydroxyl groups excluding tert-OH is 1. The smallest absolute Gasteiger partial charge is 0.153 e. The van der Waals surface area contributed by atoms with E-state index in [4.69, 9.17) is 15.1 Å². The zero-order valence-electron chi connectivity index (χ0n) is 7.42. The monoisotopic (exact) mass is 170 g/mol. The molecule has 1 rings (SSSR count). The summed E-state index contributed by atoms with van der Waals surface area (Å²) in [5.74, 6) is 0. The van der Waals surface area contributed by atoms with Crippen molar-refractivity contribution in [3.05, 3.63) is 0 Å². The Hall–Kier alpha value is -0.630. The molecule has 68 valence electrons. The van der Waals surface area contributed by atoms with Crippen LogP contribution in [0, 0.1) is 11.3 Å². The lowest BCUT2D eigenvalue weighted by Crippen LogP contribution is -2.65. The van der Waals surface area contributed by atoms with Gasteiger partial charge in [-0.2, -0.15) is 5.26 Å². The maximum atomic E-state index is 9.01. The Kier molecular flexibility index (Phi) is 2.38. The van der Waals surface area contributed by atoms with Crippen LogP contribution in [0.4, 0.5) is 0 Å². The molecule has 1 atom stereocenters. The second-order valence-corrected chi connectivity index (χ2v) is 3.85. The summed E-state index contributed by atoms with van der Waals surface area (Å²) in [6, 6.07) is 2.04. The van der Waals surface area contributed by atoms with Gasteiger partial charge in [-0.1, -0.05) is 0 Å². The molecule has 4 nitrogen and oxygen atoms in total. The SMILES string of the molecule is CC1(C)COC[C@@](C#N)(CO)N1. The fourth-order valence-electron chi connectivity index (χ4n) is 1.38. The minimum atomic E-state index is -0.915. The van der Waals surface area contributed by atoms with E-state index in [1.807, 2.05) is 19.9 Å². The summed E-state index contributed by atoms with van der Waals surface area (Å²) >= 11 is 0. The average molecular weight is 170 g/mol. The molecule has 0 aromatic heterocycles. The second kappa shape index (κ2) is 3.02. The zero-order valence-corrected chi connectivity index (χ0v) is 7.42. The first-order valence-electron chi connectivity index (χ1n) is 3.93. The van der Waals surface area contributed by atoms with Crippen LogP contribution in [0.1, 0.15) is 13.8 Å². The molecule has 1 aliphatic rings. The van der Waals surface area contributed by atoms with E-state index in [1.54, 1.807) is 0 Å². The van der Waals surface area contributed by atoms with Crippen LogP contribution < -0.4 is 5.32 Å². The van der Waals surface area contributed by atoms with Gasteiger partial charge in [0.1, 0.15) is 0 Å². The summed E-state index contributed by atoms with van der Waals surface area (Å²) in [7, 11) is 0. The van der Waals surface area contributed by atoms with E-state index < -0.39 is 5.54 Å². The summed E-state index contributed by atoms with van der Waals surface area (Å²) in [6.07, 6.45) is 0.